The first-order chi connectivity index (χ1) is 11.7. The molecule has 0 radical (unpaired) electrons. The number of carbonyl (C=O) groups is 1. The molecule has 1 amide bonds. The van der Waals surface area contributed by atoms with Crippen LogP contribution in [0, 0.1) is 0 Å². The Bertz CT molecular complexity index is 757. The van der Waals surface area contributed by atoms with Crippen molar-refractivity contribution in [3.63, 3.8) is 0 Å². The Hall–Kier alpha value is -3.03. The number of amides is 1. The molecule has 25 heavy (non-hydrogen) atoms. The molecule has 0 aliphatic carbocycles. The zero-order valence-electron chi connectivity index (χ0n) is 13.0. The van der Waals surface area contributed by atoms with E-state index >= 15 is 0 Å². The molecule has 132 valence electrons. The summed E-state index contributed by atoms with van der Waals surface area (Å²) in [6.45, 7) is 0. The van der Waals surface area contributed by atoms with Crippen LogP contribution in [0.25, 0.3) is 0 Å². The van der Waals surface area contributed by atoms with Gasteiger partial charge in [0.25, 0.3) is 5.91 Å². The third kappa shape index (κ3) is 5.83. The van der Waals surface area contributed by atoms with E-state index in [1.807, 2.05) is 0 Å². The van der Waals surface area contributed by atoms with E-state index in [4.69, 9.17) is 11.5 Å². The fourth-order valence-corrected chi connectivity index (χ4v) is 2.34. The standard InChI is InChI=1S/C17H16F3N3O2/c18-17(19,20)25-13-8-4-5-11(9-13)10-14(15(24)23-16(21)22)12-6-2-1-3-7-12/h1-9,14H,10H2,(H4,21,22,23,24)/t14-/m1/s1. The molecule has 2 aromatic carbocycles. The highest BCUT2D eigenvalue weighted by atomic mass is 19.4. The highest BCUT2D eigenvalue weighted by Gasteiger charge is 2.31. The summed E-state index contributed by atoms with van der Waals surface area (Å²) in [6.07, 6.45) is -4.67. The van der Waals surface area contributed by atoms with Gasteiger partial charge in [0.2, 0.25) is 0 Å². The van der Waals surface area contributed by atoms with Gasteiger partial charge in [-0.05, 0) is 29.7 Å². The van der Waals surface area contributed by atoms with Gasteiger partial charge in [-0.15, -0.1) is 13.2 Å². The van der Waals surface area contributed by atoms with Crippen LogP contribution in [-0.2, 0) is 11.2 Å². The third-order valence-electron chi connectivity index (χ3n) is 3.31. The summed E-state index contributed by atoms with van der Waals surface area (Å²) in [5.74, 6) is -2.04. The summed E-state index contributed by atoms with van der Waals surface area (Å²) in [5.41, 5.74) is 11.6. The highest BCUT2D eigenvalue weighted by molar-refractivity contribution is 5.95. The Morgan fingerprint density at radius 1 is 1.08 bits per heavy atom. The maximum Gasteiger partial charge on any atom is 0.573 e. The quantitative estimate of drug-likeness (QED) is 0.640. The Morgan fingerprint density at radius 2 is 1.76 bits per heavy atom. The maximum absolute atomic E-state index is 12.4. The van der Waals surface area contributed by atoms with Crippen molar-refractivity contribution in [2.75, 3.05) is 0 Å². The molecule has 2 rings (SSSR count). The van der Waals surface area contributed by atoms with E-state index in [-0.39, 0.29) is 18.1 Å². The molecular formula is C17H16F3N3O2. The summed E-state index contributed by atoms with van der Waals surface area (Å²) in [5, 5.41) is 0. The summed E-state index contributed by atoms with van der Waals surface area (Å²) in [4.78, 5) is 15.9. The van der Waals surface area contributed by atoms with Crippen LogP contribution < -0.4 is 16.2 Å². The molecule has 5 nitrogen and oxygen atoms in total. The number of guanidine groups is 1. The van der Waals surface area contributed by atoms with Gasteiger partial charge < -0.3 is 16.2 Å². The van der Waals surface area contributed by atoms with Crippen molar-refractivity contribution in [3.8, 4) is 5.75 Å². The summed E-state index contributed by atoms with van der Waals surface area (Å²) >= 11 is 0. The van der Waals surface area contributed by atoms with Crippen molar-refractivity contribution in [2.24, 2.45) is 16.5 Å². The number of benzene rings is 2. The lowest BCUT2D eigenvalue weighted by Crippen LogP contribution is -2.26. The van der Waals surface area contributed by atoms with E-state index in [9.17, 15) is 18.0 Å². The van der Waals surface area contributed by atoms with Crippen molar-refractivity contribution in [1.29, 1.82) is 0 Å². The normalized spacial score (nSPS) is 12.3. The molecule has 0 fully saturated rings. The van der Waals surface area contributed by atoms with Crippen LogP contribution in [0.3, 0.4) is 0 Å². The van der Waals surface area contributed by atoms with Crippen LogP contribution in [0.2, 0.25) is 0 Å². The maximum atomic E-state index is 12.4. The molecule has 0 spiro atoms. The number of nitrogens with two attached hydrogens (primary N) is 2. The number of alkyl halides is 3. The van der Waals surface area contributed by atoms with Crippen LogP contribution >= 0.6 is 0 Å². The third-order valence-corrected chi connectivity index (χ3v) is 3.31. The second-order valence-corrected chi connectivity index (χ2v) is 5.24. The number of halogens is 3. The van der Waals surface area contributed by atoms with Crippen LogP contribution in [0.4, 0.5) is 13.2 Å². The molecule has 1 atom stereocenters. The molecule has 0 saturated heterocycles. The van der Waals surface area contributed by atoms with E-state index in [1.165, 1.54) is 18.2 Å². The number of hydrogen-bond acceptors (Lipinski definition) is 2. The Balaban J connectivity index is 2.29. The van der Waals surface area contributed by atoms with Crippen LogP contribution in [0.5, 0.6) is 5.75 Å². The summed E-state index contributed by atoms with van der Waals surface area (Å²) in [7, 11) is 0. The van der Waals surface area contributed by atoms with Crippen LogP contribution in [-0.4, -0.2) is 18.2 Å². The molecule has 0 aliphatic rings. The molecule has 2 aromatic rings. The molecule has 0 bridgehead atoms. The largest absolute Gasteiger partial charge is 0.573 e. The average Bonchev–Trinajstić information content (AvgIpc) is 2.51. The van der Waals surface area contributed by atoms with E-state index in [2.05, 4.69) is 9.73 Å². The topological polar surface area (TPSA) is 90.7 Å². The van der Waals surface area contributed by atoms with Gasteiger partial charge in [0.1, 0.15) is 5.75 Å². The smallest absolute Gasteiger partial charge is 0.406 e. The fourth-order valence-electron chi connectivity index (χ4n) is 2.34. The first kappa shape index (κ1) is 18.3. The fraction of sp³-hybridized carbons (Fsp3) is 0.176. The molecular weight excluding hydrogens is 335 g/mol. The van der Waals surface area contributed by atoms with E-state index in [1.54, 1.807) is 36.4 Å². The van der Waals surface area contributed by atoms with Crippen molar-refractivity contribution in [1.82, 2.24) is 0 Å². The predicted octanol–water partition coefficient (Wildman–Crippen LogP) is 2.71. The SMILES string of the molecule is NC(N)=NC(=O)[C@H](Cc1cccc(OC(F)(F)F)c1)c1ccccc1. The second kappa shape index (κ2) is 7.69. The molecule has 8 heteroatoms. The Labute approximate surface area is 142 Å². The second-order valence-electron chi connectivity index (χ2n) is 5.24. The van der Waals surface area contributed by atoms with Gasteiger partial charge in [0.05, 0.1) is 5.92 Å². The molecule has 0 aromatic heterocycles. The van der Waals surface area contributed by atoms with Gasteiger partial charge in [-0.25, -0.2) is 0 Å². The van der Waals surface area contributed by atoms with Crippen molar-refractivity contribution >= 4 is 11.9 Å². The lowest BCUT2D eigenvalue weighted by molar-refractivity contribution is -0.274. The minimum absolute atomic E-state index is 0.120. The average molecular weight is 351 g/mol. The van der Waals surface area contributed by atoms with Crippen molar-refractivity contribution in [2.45, 2.75) is 18.7 Å². The van der Waals surface area contributed by atoms with Gasteiger partial charge in [-0.3, -0.25) is 4.79 Å². The van der Waals surface area contributed by atoms with Gasteiger partial charge in [0, 0.05) is 0 Å². The number of aliphatic imine (C=N–C) groups is 1. The Kier molecular flexibility index (Phi) is 5.63. The zero-order chi connectivity index (χ0) is 18.4. The first-order valence-electron chi connectivity index (χ1n) is 7.28. The van der Waals surface area contributed by atoms with Gasteiger partial charge >= 0.3 is 6.36 Å². The molecule has 0 aliphatic heterocycles. The number of nitrogens with zero attached hydrogens (tertiary/aromatic N) is 1. The number of carbonyl (C=O) groups excluding carboxylic acids is 1. The van der Waals surface area contributed by atoms with Crippen molar-refractivity contribution in [3.05, 3.63) is 65.7 Å². The van der Waals surface area contributed by atoms with E-state index < -0.39 is 18.2 Å². The number of ether oxygens (including phenoxy) is 1. The predicted molar refractivity (Wildman–Crippen MR) is 86.8 cm³/mol. The minimum atomic E-state index is -4.79. The first-order valence-corrected chi connectivity index (χ1v) is 7.28. The van der Waals surface area contributed by atoms with Crippen molar-refractivity contribution < 1.29 is 22.7 Å². The molecule has 4 N–H and O–H groups in total. The van der Waals surface area contributed by atoms with Crippen LogP contribution in [0.15, 0.2) is 59.6 Å². The van der Waals surface area contributed by atoms with Gasteiger partial charge in [-0.2, -0.15) is 4.99 Å². The number of hydrogen-bond donors (Lipinski definition) is 2. The van der Waals surface area contributed by atoms with Crippen LogP contribution in [0.1, 0.15) is 17.0 Å². The molecule has 0 unspecified atom stereocenters. The van der Waals surface area contributed by atoms with Gasteiger partial charge in [-0.1, -0.05) is 42.5 Å². The zero-order valence-corrected chi connectivity index (χ0v) is 13.0. The lowest BCUT2D eigenvalue weighted by Gasteiger charge is -2.15. The monoisotopic (exact) mass is 351 g/mol. The highest BCUT2D eigenvalue weighted by Crippen LogP contribution is 2.27. The summed E-state index contributed by atoms with van der Waals surface area (Å²) < 4.78 is 41.0. The Morgan fingerprint density at radius 3 is 2.36 bits per heavy atom. The lowest BCUT2D eigenvalue weighted by atomic mass is 9.91. The van der Waals surface area contributed by atoms with Gasteiger partial charge in [0.15, 0.2) is 5.96 Å². The number of rotatable bonds is 5. The van der Waals surface area contributed by atoms with E-state index in [0.717, 1.165) is 0 Å². The summed E-state index contributed by atoms with van der Waals surface area (Å²) in [6, 6.07) is 14.2. The van der Waals surface area contributed by atoms with E-state index in [0.29, 0.717) is 11.1 Å². The minimum Gasteiger partial charge on any atom is -0.406 e. The molecule has 0 heterocycles. The molecule has 0 saturated carbocycles.